The van der Waals surface area contributed by atoms with E-state index in [1.54, 1.807) is 30.3 Å². The van der Waals surface area contributed by atoms with Gasteiger partial charge in [0.05, 0.1) is 19.2 Å². The zero-order chi connectivity index (χ0) is 24.9. The highest BCUT2D eigenvalue weighted by Gasteiger charge is 2.55. The fraction of sp³-hybridized carbons (Fsp3) is 0.259. The average molecular weight is 472 g/mol. The molecule has 0 radical (unpaired) electrons. The number of rotatable bonds is 5. The molecule has 1 fully saturated rings. The van der Waals surface area contributed by atoms with E-state index in [0.717, 1.165) is 27.4 Å². The van der Waals surface area contributed by atoms with Gasteiger partial charge in [-0.1, -0.05) is 24.3 Å². The van der Waals surface area contributed by atoms with E-state index >= 15 is 0 Å². The third-order valence-corrected chi connectivity index (χ3v) is 7.00. The number of aryl methyl sites for hydroxylation is 2. The summed E-state index contributed by atoms with van der Waals surface area (Å²) >= 11 is 0. The molecule has 8 heteroatoms. The molecule has 1 aromatic heterocycles. The molecular formula is C27H25N3O5. The second-order valence-electron chi connectivity index (χ2n) is 8.97. The van der Waals surface area contributed by atoms with Crippen LogP contribution in [0.2, 0.25) is 0 Å². The Morgan fingerprint density at radius 3 is 2.49 bits per heavy atom. The van der Waals surface area contributed by atoms with Crippen LogP contribution < -0.4 is 5.32 Å². The van der Waals surface area contributed by atoms with Crippen LogP contribution in [0.5, 0.6) is 0 Å². The molecule has 0 bridgehead atoms. The molecule has 0 unspecified atom stereocenters. The van der Waals surface area contributed by atoms with Gasteiger partial charge in [-0.2, -0.15) is 0 Å². The van der Waals surface area contributed by atoms with Crippen LogP contribution >= 0.6 is 0 Å². The van der Waals surface area contributed by atoms with E-state index < -0.39 is 17.5 Å². The molecule has 1 N–H and O–H groups in total. The topological polar surface area (TPSA) is 97.7 Å². The van der Waals surface area contributed by atoms with E-state index in [1.165, 1.54) is 7.11 Å². The highest BCUT2D eigenvalue weighted by Crippen LogP contribution is 2.41. The number of ether oxygens (including phenoxy) is 1. The zero-order valence-corrected chi connectivity index (χ0v) is 19.8. The first-order valence-corrected chi connectivity index (χ1v) is 11.4. The van der Waals surface area contributed by atoms with Crippen LogP contribution in [0.15, 0.2) is 54.6 Å². The van der Waals surface area contributed by atoms with Gasteiger partial charge in [0.1, 0.15) is 5.54 Å². The molecule has 1 saturated heterocycles. The minimum absolute atomic E-state index is 0.317. The van der Waals surface area contributed by atoms with Crippen molar-refractivity contribution in [2.75, 3.05) is 13.7 Å². The third-order valence-electron chi connectivity index (χ3n) is 7.00. The van der Waals surface area contributed by atoms with E-state index in [2.05, 4.69) is 5.32 Å². The van der Waals surface area contributed by atoms with Crippen molar-refractivity contribution in [1.29, 1.82) is 0 Å². The van der Waals surface area contributed by atoms with Gasteiger partial charge in [0, 0.05) is 22.6 Å². The Morgan fingerprint density at radius 1 is 1.06 bits per heavy atom. The van der Waals surface area contributed by atoms with Crippen LogP contribution in [0, 0.1) is 13.8 Å². The predicted molar refractivity (Wildman–Crippen MR) is 128 cm³/mol. The number of hydrogen-bond donors (Lipinski definition) is 1. The van der Waals surface area contributed by atoms with Gasteiger partial charge >= 0.3 is 12.0 Å². The normalized spacial score (nSPS) is 18.7. The summed E-state index contributed by atoms with van der Waals surface area (Å²) in [5.41, 5.74) is 3.90. The number of nitrogens with zero attached hydrogens (tertiary/aromatic N) is 2. The maximum Gasteiger partial charge on any atom is 0.337 e. The average Bonchev–Trinajstić information content (AvgIpc) is 3.46. The smallest absolute Gasteiger partial charge is 0.337 e. The molecule has 35 heavy (non-hydrogen) atoms. The lowest BCUT2D eigenvalue weighted by Gasteiger charge is -2.22. The number of aromatic nitrogens is 1. The van der Waals surface area contributed by atoms with Crippen molar-refractivity contribution in [3.05, 3.63) is 88.2 Å². The summed E-state index contributed by atoms with van der Waals surface area (Å²) in [4.78, 5) is 52.3. The van der Waals surface area contributed by atoms with Crippen LogP contribution in [-0.4, -0.2) is 46.8 Å². The summed E-state index contributed by atoms with van der Waals surface area (Å²) in [5, 5.41) is 2.86. The van der Waals surface area contributed by atoms with Crippen LogP contribution in [0.4, 0.5) is 4.79 Å². The lowest BCUT2D eigenvalue weighted by Crippen LogP contribution is -2.42. The van der Waals surface area contributed by atoms with Crippen LogP contribution in [0.1, 0.15) is 49.7 Å². The standard InChI is InChI=1S/C27H25N3O5/c1-16-14-21(17(2)30(16)20-10-8-19(9-11-20)24(32)35-3)23(31)15-29-25(33)27(28-26(29)34)13-12-18-6-4-5-7-22(18)27/h4-11,14H,12-13,15H2,1-3H3,(H,28,34)/t27-/m0/s1. The molecule has 2 aliphatic rings. The third kappa shape index (κ3) is 3.44. The molecule has 8 nitrogen and oxygen atoms in total. The predicted octanol–water partition coefficient (Wildman–Crippen LogP) is 3.46. The van der Waals surface area contributed by atoms with Crippen LogP contribution in [0.25, 0.3) is 5.69 Å². The Labute approximate surface area is 202 Å². The molecule has 0 saturated carbocycles. The number of imide groups is 1. The highest BCUT2D eigenvalue weighted by molar-refractivity contribution is 6.12. The number of esters is 1. The van der Waals surface area contributed by atoms with Gasteiger partial charge in [-0.15, -0.1) is 0 Å². The van der Waals surface area contributed by atoms with E-state index in [1.807, 2.05) is 42.7 Å². The van der Waals surface area contributed by atoms with Gasteiger partial charge in [0.15, 0.2) is 5.78 Å². The number of ketones is 1. The van der Waals surface area contributed by atoms with E-state index in [-0.39, 0.29) is 18.2 Å². The van der Waals surface area contributed by atoms with Crippen LogP contribution in [0.3, 0.4) is 0 Å². The second kappa shape index (κ2) is 8.23. The van der Waals surface area contributed by atoms with Crippen molar-refractivity contribution in [2.45, 2.75) is 32.2 Å². The van der Waals surface area contributed by atoms with Gasteiger partial charge in [-0.3, -0.25) is 14.5 Å². The minimum Gasteiger partial charge on any atom is -0.465 e. The van der Waals surface area contributed by atoms with Crippen molar-refractivity contribution in [2.24, 2.45) is 0 Å². The quantitative estimate of drug-likeness (QED) is 0.349. The summed E-state index contributed by atoms with van der Waals surface area (Å²) in [7, 11) is 1.33. The summed E-state index contributed by atoms with van der Waals surface area (Å²) in [5.74, 6) is -1.13. The lowest BCUT2D eigenvalue weighted by atomic mass is 9.92. The first kappa shape index (κ1) is 22.6. The van der Waals surface area contributed by atoms with E-state index in [9.17, 15) is 19.2 Å². The van der Waals surface area contributed by atoms with Crippen molar-refractivity contribution in [3.8, 4) is 5.69 Å². The maximum absolute atomic E-state index is 13.4. The molecule has 3 amide bonds. The highest BCUT2D eigenvalue weighted by atomic mass is 16.5. The largest absolute Gasteiger partial charge is 0.465 e. The van der Waals surface area contributed by atoms with Crippen molar-refractivity contribution in [3.63, 3.8) is 0 Å². The van der Waals surface area contributed by atoms with Gasteiger partial charge < -0.3 is 14.6 Å². The summed E-state index contributed by atoms with van der Waals surface area (Å²) in [6.45, 7) is 3.35. The number of benzene rings is 2. The molecular weight excluding hydrogens is 446 g/mol. The summed E-state index contributed by atoms with van der Waals surface area (Å²) < 4.78 is 6.64. The van der Waals surface area contributed by atoms with Gasteiger partial charge in [0.2, 0.25) is 0 Å². The first-order chi connectivity index (χ1) is 16.8. The minimum atomic E-state index is -1.09. The maximum atomic E-state index is 13.4. The number of fused-ring (bicyclic) bond motifs is 2. The molecule has 1 atom stereocenters. The Hall–Kier alpha value is -4.20. The van der Waals surface area contributed by atoms with Crippen LogP contribution in [-0.2, 0) is 21.5 Å². The number of Topliss-reactive ketones (excluding diaryl/α,β-unsaturated/α-hetero) is 1. The number of carbonyl (C=O) groups is 4. The summed E-state index contributed by atoms with van der Waals surface area (Å²) in [6, 6.07) is 15.7. The van der Waals surface area contributed by atoms with Gasteiger partial charge in [-0.25, -0.2) is 9.59 Å². The fourth-order valence-electron chi connectivity index (χ4n) is 5.27. The Kier molecular flexibility index (Phi) is 5.31. The Balaban J connectivity index is 1.40. The van der Waals surface area contributed by atoms with E-state index in [4.69, 9.17) is 4.74 Å². The van der Waals surface area contributed by atoms with Crippen molar-refractivity contribution in [1.82, 2.24) is 14.8 Å². The lowest BCUT2D eigenvalue weighted by molar-refractivity contribution is -0.131. The zero-order valence-electron chi connectivity index (χ0n) is 19.8. The fourth-order valence-corrected chi connectivity index (χ4v) is 5.27. The number of urea groups is 1. The van der Waals surface area contributed by atoms with Gasteiger partial charge in [0.25, 0.3) is 5.91 Å². The van der Waals surface area contributed by atoms with E-state index in [0.29, 0.717) is 29.7 Å². The first-order valence-electron chi connectivity index (χ1n) is 11.4. The Morgan fingerprint density at radius 2 is 1.77 bits per heavy atom. The molecule has 1 spiro atoms. The molecule has 1 aliphatic heterocycles. The monoisotopic (exact) mass is 471 g/mol. The number of hydrogen-bond acceptors (Lipinski definition) is 5. The number of nitrogens with one attached hydrogen (secondary N) is 1. The Bertz CT molecular complexity index is 1390. The molecule has 2 heterocycles. The number of carbonyl (C=O) groups excluding carboxylic acids is 4. The SMILES string of the molecule is COC(=O)c1ccc(-n2c(C)cc(C(=O)CN3C(=O)N[C@]4(CCc5ccccc54)C3=O)c2C)cc1. The summed E-state index contributed by atoms with van der Waals surface area (Å²) in [6.07, 6.45) is 1.18. The molecule has 3 aromatic rings. The molecule has 178 valence electrons. The molecule has 5 rings (SSSR count). The van der Waals surface area contributed by atoms with Crippen molar-refractivity contribution >= 4 is 23.7 Å². The van der Waals surface area contributed by atoms with Gasteiger partial charge in [-0.05, 0) is 68.1 Å². The molecule has 2 aromatic carbocycles. The number of amides is 3. The second-order valence-corrected chi connectivity index (χ2v) is 8.97. The van der Waals surface area contributed by atoms with Crippen molar-refractivity contribution < 1.29 is 23.9 Å². The molecule has 1 aliphatic carbocycles. The number of methoxy groups -OCH3 is 1.